The molecule has 0 fully saturated rings. The van der Waals surface area contributed by atoms with Crippen LogP contribution in [0.3, 0.4) is 0 Å². The number of fused-ring (bicyclic) bond motifs is 21. The number of aromatic nitrogens is 7. The molecule has 0 unspecified atom stereocenters. The summed E-state index contributed by atoms with van der Waals surface area (Å²) < 4.78 is 12.3. The molecule has 0 spiro atoms. The second-order valence-electron chi connectivity index (χ2n) is 43.2. The summed E-state index contributed by atoms with van der Waals surface area (Å²) in [5.41, 5.74) is 42.4. The number of para-hydroxylation sites is 4. The lowest BCUT2D eigenvalue weighted by atomic mass is 9.67. The van der Waals surface area contributed by atoms with Gasteiger partial charge in [0.2, 0.25) is 0 Å². The Hall–Kier alpha value is -17.5. The van der Waals surface area contributed by atoms with E-state index in [1.54, 1.807) is 0 Å². The molecule has 0 N–H and O–H groups in total. The van der Waals surface area contributed by atoms with E-state index in [0.29, 0.717) is 0 Å². The lowest BCUT2D eigenvalue weighted by molar-refractivity contribution is 0.590. The Labute approximate surface area is 843 Å². The SMILES string of the molecule is CC(C)(C)c1ccc(-n2c3ccc(-c4cncc(-c5ccc(-n6c7ccccc7c7ccccc76)cc5)c4)cc3c3cc(C4(c5ccc6c(c5)c5cc(C7(c8ccc9c(c8)c8cc(-c%10cncc(-c%11ccc(-n%12c%13ccccc%13c%13ccccc%13%12)cc%11)c%10)ccc8n9-c8ccc(C(C)(C)C)cc8)c8ccccc8-c8ccccc87)ccc5n6-c5ccc(C(C)(C)C)cc5)c5ccccc5-c5ccccc54)ccc32)cc1. The molecule has 7 heteroatoms. The minimum Gasteiger partial charge on any atom is -0.309 e. The molecule has 28 rings (SSSR count). The number of hydrogen-bond donors (Lipinski definition) is 0. The molecule has 0 saturated carbocycles. The Morgan fingerprint density at radius 3 is 0.621 bits per heavy atom. The van der Waals surface area contributed by atoms with E-state index in [-0.39, 0.29) is 16.2 Å². The standard InChI is InChI=1S/C138H103N7/c1-134(2,3)94-48-62-103(63-49-94)143-128-68-46-88(92-74-90(82-139-84-92)86-42-58-101(59-43-86)141-124-38-22-14-30-110(124)111-31-15-23-39-125(111)141)76-114(128)116-78-97(54-70-130(116)143)137(120-34-18-10-26-106(120)107-27-11-19-35-121(107)137)99-56-72-132-118(80-99)119-81-100(57-73-133(119)145(132)105-66-52-96(53-67-105)136(7,8)9)138(122-36-20-12-28-108(122)109-29-13-21-37-123(109)138)98-55-71-131-117(79-98)115-77-89(47-69-129(115)144(131)104-64-50-95(51-65-104)135(4,5)6)93-75-91(83-140-85-93)87-44-60-102(61-45-87)142-126-40-24-16-32-112(126)113-33-17-25-41-127(113)142/h10-85H,1-9H3. The highest BCUT2D eigenvalue weighted by atomic mass is 15.0. The van der Waals surface area contributed by atoms with Crippen molar-refractivity contribution in [2.45, 2.75) is 89.4 Å². The number of benzene rings is 19. The van der Waals surface area contributed by atoms with E-state index in [2.05, 4.69) is 522 Å². The normalized spacial score (nSPS) is 13.4. The minimum atomic E-state index is -0.832. The Balaban J connectivity index is 0.637. The lowest BCUT2D eigenvalue weighted by Crippen LogP contribution is -2.28. The molecular weight excluding hydrogens is 1760 g/mol. The molecule has 145 heavy (non-hydrogen) atoms. The van der Waals surface area contributed by atoms with Crippen LogP contribution in [0.1, 0.15) is 124 Å². The summed E-state index contributed by atoms with van der Waals surface area (Å²) in [5.74, 6) is 0. The van der Waals surface area contributed by atoms with E-state index in [1.165, 1.54) is 149 Å². The molecule has 0 bridgehead atoms. The predicted octanol–water partition coefficient (Wildman–Crippen LogP) is 35.2. The Bertz CT molecular complexity index is 9120. The highest BCUT2D eigenvalue weighted by molar-refractivity contribution is 6.16. The van der Waals surface area contributed by atoms with E-state index in [0.717, 1.165) is 117 Å². The topological polar surface area (TPSA) is 50.4 Å². The fourth-order valence-electron chi connectivity index (χ4n) is 25.1. The van der Waals surface area contributed by atoms with Crippen LogP contribution in [-0.2, 0) is 27.1 Å². The van der Waals surface area contributed by atoms with E-state index >= 15 is 0 Å². The minimum absolute atomic E-state index is 0.0342. The Morgan fingerprint density at radius 2 is 0.366 bits per heavy atom. The molecule has 0 amide bonds. The van der Waals surface area contributed by atoms with Crippen LogP contribution < -0.4 is 0 Å². The van der Waals surface area contributed by atoms with Gasteiger partial charge in [0.1, 0.15) is 0 Å². The zero-order chi connectivity index (χ0) is 97.3. The van der Waals surface area contributed by atoms with Gasteiger partial charge in [0.25, 0.3) is 0 Å². The van der Waals surface area contributed by atoms with Crippen LogP contribution in [0.25, 0.3) is 204 Å². The first-order valence-electron chi connectivity index (χ1n) is 50.9. The summed E-state index contributed by atoms with van der Waals surface area (Å²) in [6, 6.07) is 167. The fraction of sp³-hybridized carbons (Fsp3) is 0.101. The molecule has 0 radical (unpaired) electrons. The van der Waals surface area contributed by atoms with Crippen molar-refractivity contribution >= 4 is 109 Å². The van der Waals surface area contributed by atoms with Crippen molar-refractivity contribution in [3.05, 3.63) is 523 Å². The van der Waals surface area contributed by atoms with Crippen LogP contribution in [0, 0.1) is 0 Å². The third kappa shape index (κ3) is 13.0. The van der Waals surface area contributed by atoms with Crippen LogP contribution in [0.2, 0.25) is 0 Å². The molecule has 0 atom stereocenters. The van der Waals surface area contributed by atoms with Gasteiger partial charge in [-0.15, -0.1) is 0 Å². The van der Waals surface area contributed by atoms with Crippen LogP contribution in [0.15, 0.2) is 462 Å². The second kappa shape index (κ2) is 32.0. The van der Waals surface area contributed by atoms with Crippen LogP contribution in [0.4, 0.5) is 0 Å². The van der Waals surface area contributed by atoms with Gasteiger partial charge in [-0.3, -0.25) is 9.97 Å². The summed E-state index contributed by atoms with van der Waals surface area (Å²) in [6.07, 6.45) is 8.08. The summed E-state index contributed by atoms with van der Waals surface area (Å²) in [4.78, 5) is 10.1. The third-order valence-corrected chi connectivity index (χ3v) is 32.1. The third-order valence-electron chi connectivity index (χ3n) is 32.1. The Kier molecular flexibility index (Phi) is 18.9. The van der Waals surface area contributed by atoms with Gasteiger partial charge in [-0.25, -0.2) is 0 Å². The zero-order valence-corrected chi connectivity index (χ0v) is 82.5. The molecule has 0 saturated heterocycles. The van der Waals surface area contributed by atoms with Gasteiger partial charge in [0.05, 0.1) is 66.0 Å². The van der Waals surface area contributed by atoms with Crippen LogP contribution >= 0.6 is 0 Å². The molecule has 19 aromatic carbocycles. The highest BCUT2D eigenvalue weighted by Gasteiger charge is 2.49. The van der Waals surface area contributed by atoms with Gasteiger partial charge >= 0.3 is 0 Å². The lowest BCUT2D eigenvalue weighted by Gasteiger charge is -2.34. The maximum Gasteiger partial charge on any atom is 0.0714 e. The second-order valence-corrected chi connectivity index (χ2v) is 43.2. The molecule has 7 heterocycles. The van der Waals surface area contributed by atoms with Crippen molar-refractivity contribution in [3.63, 3.8) is 0 Å². The van der Waals surface area contributed by atoms with Crippen molar-refractivity contribution < 1.29 is 0 Å². The van der Waals surface area contributed by atoms with Crippen molar-refractivity contribution in [2.75, 3.05) is 0 Å². The Morgan fingerprint density at radius 1 is 0.166 bits per heavy atom. The first-order valence-corrected chi connectivity index (χ1v) is 50.9. The van der Waals surface area contributed by atoms with Crippen molar-refractivity contribution in [1.29, 1.82) is 0 Å². The van der Waals surface area contributed by atoms with E-state index in [9.17, 15) is 0 Å². The number of hydrogen-bond acceptors (Lipinski definition) is 2. The summed E-state index contributed by atoms with van der Waals surface area (Å²) >= 11 is 0. The van der Waals surface area contributed by atoms with E-state index < -0.39 is 10.8 Å². The molecule has 7 nitrogen and oxygen atoms in total. The summed E-state index contributed by atoms with van der Waals surface area (Å²) in [6.45, 7) is 20.7. The molecule has 26 aromatic rings. The van der Waals surface area contributed by atoms with Gasteiger partial charge in [0.15, 0.2) is 0 Å². The van der Waals surface area contributed by atoms with Gasteiger partial charge < -0.3 is 22.8 Å². The maximum atomic E-state index is 5.05. The molecule has 2 aliphatic rings. The summed E-state index contributed by atoms with van der Waals surface area (Å²) in [5, 5.41) is 12.0. The van der Waals surface area contributed by atoms with Crippen molar-refractivity contribution in [2.24, 2.45) is 0 Å². The highest BCUT2D eigenvalue weighted by Crippen LogP contribution is 2.61. The average molecular weight is 1860 g/mol. The monoisotopic (exact) mass is 1860 g/mol. The number of pyridine rings is 2. The molecule has 7 aromatic heterocycles. The zero-order valence-electron chi connectivity index (χ0n) is 82.5. The van der Waals surface area contributed by atoms with Gasteiger partial charge in [-0.1, -0.05) is 329 Å². The molecule has 0 aliphatic heterocycles. The van der Waals surface area contributed by atoms with Crippen LogP contribution in [-0.4, -0.2) is 32.8 Å². The van der Waals surface area contributed by atoms with Gasteiger partial charge in [-0.05, 0) is 292 Å². The number of rotatable bonds is 13. The average Bonchev–Trinajstić information content (AvgIpc) is 1.53. The van der Waals surface area contributed by atoms with Gasteiger partial charge in [0, 0.05) is 129 Å². The smallest absolute Gasteiger partial charge is 0.0714 e. The van der Waals surface area contributed by atoms with E-state index in [4.69, 9.17) is 9.97 Å². The first kappa shape index (κ1) is 85.5. The van der Waals surface area contributed by atoms with E-state index in [1.807, 2.05) is 24.8 Å². The van der Waals surface area contributed by atoms with Gasteiger partial charge in [-0.2, -0.15) is 0 Å². The predicted molar refractivity (Wildman–Crippen MR) is 606 cm³/mol. The number of nitrogens with zero attached hydrogens (tertiary/aromatic N) is 7. The first-order chi connectivity index (χ1) is 70.8. The molecular formula is C138H103N7. The van der Waals surface area contributed by atoms with Crippen LogP contribution in [0.5, 0.6) is 0 Å². The summed E-state index contributed by atoms with van der Waals surface area (Å²) in [7, 11) is 0. The quantitative estimate of drug-likeness (QED) is 0.116. The fourth-order valence-corrected chi connectivity index (χ4v) is 25.1. The largest absolute Gasteiger partial charge is 0.309 e. The van der Waals surface area contributed by atoms with Crippen molar-refractivity contribution in [1.82, 2.24) is 32.8 Å². The maximum absolute atomic E-state index is 5.05. The molecule has 690 valence electrons. The molecule has 2 aliphatic carbocycles. The van der Waals surface area contributed by atoms with Crippen molar-refractivity contribution in [3.8, 4) is 95.2 Å².